The standard InChI is InChI=1S/C15H27NO3/c1-2-3-4-8-11-16-13(17)12-15(14(18)19)9-6-5-7-10-15/h2-12H2,1H3,(H,16,17)(H,18,19). The van der Waals surface area contributed by atoms with Gasteiger partial charge in [0.2, 0.25) is 5.91 Å². The Morgan fingerprint density at radius 2 is 1.79 bits per heavy atom. The van der Waals surface area contributed by atoms with Gasteiger partial charge in [0.15, 0.2) is 0 Å². The topological polar surface area (TPSA) is 66.4 Å². The smallest absolute Gasteiger partial charge is 0.310 e. The number of aliphatic carboxylic acids is 1. The molecule has 1 rings (SSSR count). The van der Waals surface area contributed by atoms with Crippen molar-refractivity contribution in [2.24, 2.45) is 5.41 Å². The molecule has 1 aliphatic rings. The van der Waals surface area contributed by atoms with Crippen molar-refractivity contribution in [1.29, 1.82) is 0 Å². The summed E-state index contributed by atoms with van der Waals surface area (Å²) in [5.41, 5.74) is -0.800. The molecule has 1 saturated carbocycles. The van der Waals surface area contributed by atoms with E-state index in [1.165, 1.54) is 12.8 Å². The Morgan fingerprint density at radius 3 is 2.37 bits per heavy atom. The maximum absolute atomic E-state index is 11.9. The third kappa shape index (κ3) is 5.21. The summed E-state index contributed by atoms with van der Waals surface area (Å²) in [4.78, 5) is 23.3. The molecule has 0 aromatic rings. The summed E-state index contributed by atoms with van der Waals surface area (Å²) < 4.78 is 0. The van der Waals surface area contributed by atoms with Gasteiger partial charge < -0.3 is 10.4 Å². The average Bonchev–Trinajstić information content (AvgIpc) is 2.39. The van der Waals surface area contributed by atoms with Crippen LogP contribution in [0.25, 0.3) is 0 Å². The molecule has 0 aliphatic heterocycles. The van der Waals surface area contributed by atoms with Crippen LogP contribution in [0.2, 0.25) is 0 Å². The van der Waals surface area contributed by atoms with Crippen LogP contribution < -0.4 is 5.32 Å². The highest BCUT2D eigenvalue weighted by Crippen LogP contribution is 2.39. The van der Waals surface area contributed by atoms with Crippen LogP contribution in [0.1, 0.15) is 71.1 Å². The molecule has 4 nitrogen and oxygen atoms in total. The second-order valence-electron chi connectivity index (χ2n) is 5.73. The summed E-state index contributed by atoms with van der Waals surface area (Å²) in [6.07, 6.45) is 8.86. The lowest BCUT2D eigenvalue weighted by Crippen LogP contribution is -2.39. The van der Waals surface area contributed by atoms with E-state index in [1.807, 2.05) is 0 Å². The number of nitrogens with one attached hydrogen (secondary N) is 1. The van der Waals surface area contributed by atoms with Crippen molar-refractivity contribution in [1.82, 2.24) is 5.32 Å². The number of carboxylic acid groups (broad SMARTS) is 1. The Balaban J connectivity index is 2.33. The van der Waals surface area contributed by atoms with Gasteiger partial charge in [-0.15, -0.1) is 0 Å². The zero-order chi connectivity index (χ0) is 14.1. The molecule has 0 saturated heterocycles. The van der Waals surface area contributed by atoms with E-state index in [0.717, 1.165) is 32.1 Å². The first kappa shape index (κ1) is 16.0. The maximum Gasteiger partial charge on any atom is 0.310 e. The zero-order valence-corrected chi connectivity index (χ0v) is 12.0. The Morgan fingerprint density at radius 1 is 1.11 bits per heavy atom. The van der Waals surface area contributed by atoms with Crippen LogP contribution in [-0.2, 0) is 9.59 Å². The van der Waals surface area contributed by atoms with Crippen molar-refractivity contribution in [2.75, 3.05) is 6.54 Å². The Labute approximate surface area is 116 Å². The normalized spacial score (nSPS) is 17.9. The highest BCUT2D eigenvalue weighted by molar-refractivity contribution is 5.85. The van der Waals surface area contributed by atoms with Gasteiger partial charge in [-0.3, -0.25) is 9.59 Å². The molecule has 1 aliphatic carbocycles. The second kappa shape index (κ2) is 8.18. The van der Waals surface area contributed by atoms with Gasteiger partial charge in [0.25, 0.3) is 0 Å². The predicted octanol–water partition coefficient (Wildman–Crippen LogP) is 3.11. The van der Waals surface area contributed by atoms with E-state index in [4.69, 9.17) is 0 Å². The largest absolute Gasteiger partial charge is 0.481 e. The first-order valence-corrected chi connectivity index (χ1v) is 7.61. The van der Waals surface area contributed by atoms with Crippen LogP contribution in [0.4, 0.5) is 0 Å². The second-order valence-corrected chi connectivity index (χ2v) is 5.73. The molecule has 0 heterocycles. The number of carbonyl (C=O) groups is 2. The van der Waals surface area contributed by atoms with Crippen molar-refractivity contribution in [2.45, 2.75) is 71.1 Å². The van der Waals surface area contributed by atoms with E-state index >= 15 is 0 Å². The summed E-state index contributed by atoms with van der Waals surface area (Å²) in [5, 5.41) is 12.3. The molecule has 1 amide bonds. The van der Waals surface area contributed by atoms with Crippen LogP contribution >= 0.6 is 0 Å². The molecule has 1 fully saturated rings. The zero-order valence-electron chi connectivity index (χ0n) is 12.0. The Kier molecular flexibility index (Phi) is 6.89. The van der Waals surface area contributed by atoms with E-state index < -0.39 is 11.4 Å². The first-order chi connectivity index (χ1) is 9.10. The van der Waals surface area contributed by atoms with Gasteiger partial charge in [0.1, 0.15) is 0 Å². The van der Waals surface area contributed by atoms with Gasteiger partial charge in [-0.2, -0.15) is 0 Å². The van der Waals surface area contributed by atoms with E-state index in [9.17, 15) is 14.7 Å². The number of carbonyl (C=O) groups excluding carboxylic acids is 1. The van der Waals surface area contributed by atoms with Crippen LogP contribution in [0.5, 0.6) is 0 Å². The molecule has 4 heteroatoms. The van der Waals surface area contributed by atoms with Crippen molar-refractivity contribution in [3.63, 3.8) is 0 Å². The van der Waals surface area contributed by atoms with Crippen LogP contribution in [0.15, 0.2) is 0 Å². The van der Waals surface area contributed by atoms with Gasteiger partial charge in [-0.05, 0) is 19.3 Å². The van der Waals surface area contributed by atoms with E-state index in [2.05, 4.69) is 12.2 Å². The average molecular weight is 269 g/mol. The summed E-state index contributed by atoms with van der Waals surface area (Å²) >= 11 is 0. The summed E-state index contributed by atoms with van der Waals surface area (Å²) in [5.74, 6) is -0.894. The fourth-order valence-corrected chi connectivity index (χ4v) is 2.84. The Bertz CT molecular complexity index is 296. The number of amides is 1. The molecular formula is C15H27NO3. The maximum atomic E-state index is 11.9. The third-order valence-electron chi connectivity index (χ3n) is 4.12. The molecule has 2 N–H and O–H groups in total. The molecular weight excluding hydrogens is 242 g/mol. The summed E-state index contributed by atoms with van der Waals surface area (Å²) in [6.45, 7) is 2.83. The highest BCUT2D eigenvalue weighted by Gasteiger charge is 2.41. The molecule has 0 spiro atoms. The molecule has 0 aromatic carbocycles. The molecule has 0 aromatic heterocycles. The minimum atomic E-state index is -0.800. The summed E-state index contributed by atoms with van der Waals surface area (Å²) in [7, 11) is 0. The lowest BCUT2D eigenvalue weighted by atomic mass is 9.71. The minimum Gasteiger partial charge on any atom is -0.481 e. The number of hydrogen-bond acceptors (Lipinski definition) is 2. The van der Waals surface area contributed by atoms with Gasteiger partial charge in [-0.1, -0.05) is 45.4 Å². The third-order valence-corrected chi connectivity index (χ3v) is 4.12. The predicted molar refractivity (Wildman–Crippen MR) is 74.9 cm³/mol. The van der Waals surface area contributed by atoms with Crippen LogP contribution in [0.3, 0.4) is 0 Å². The summed E-state index contributed by atoms with van der Waals surface area (Å²) in [6, 6.07) is 0. The molecule has 0 bridgehead atoms. The molecule has 110 valence electrons. The molecule has 0 atom stereocenters. The van der Waals surface area contributed by atoms with Crippen molar-refractivity contribution in [3.8, 4) is 0 Å². The highest BCUT2D eigenvalue weighted by atomic mass is 16.4. The van der Waals surface area contributed by atoms with Gasteiger partial charge in [0.05, 0.1) is 5.41 Å². The number of rotatable bonds is 8. The molecule has 0 radical (unpaired) electrons. The fraction of sp³-hybridized carbons (Fsp3) is 0.867. The van der Waals surface area contributed by atoms with Crippen molar-refractivity contribution < 1.29 is 14.7 Å². The lowest BCUT2D eigenvalue weighted by molar-refractivity contribution is -0.154. The first-order valence-electron chi connectivity index (χ1n) is 7.61. The lowest BCUT2D eigenvalue weighted by Gasteiger charge is -2.32. The van der Waals surface area contributed by atoms with Crippen molar-refractivity contribution >= 4 is 11.9 Å². The quantitative estimate of drug-likeness (QED) is 0.665. The molecule has 0 unspecified atom stereocenters. The van der Waals surface area contributed by atoms with Crippen molar-refractivity contribution in [3.05, 3.63) is 0 Å². The Hall–Kier alpha value is -1.06. The number of hydrogen-bond donors (Lipinski definition) is 2. The van der Waals surface area contributed by atoms with Crippen LogP contribution in [0, 0.1) is 5.41 Å². The number of carboxylic acids is 1. The van der Waals surface area contributed by atoms with Crippen LogP contribution in [-0.4, -0.2) is 23.5 Å². The van der Waals surface area contributed by atoms with Gasteiger partial charge in [0, 0.05) is 13.0 Å². The SMILES string of the molecule is CCCCCCNC(=O)CC1(C(=O)O)CCCCC1. The van der Waals surface area contributed by atoms with Gasteiger partial charge in [-0.25, -0.2) is 0 Å². The minimum absolute atomic E-state index is 0.0965. The fourth-order valence-electron chi connectivity index (χ4n) is 2.84. The molecule has 19 heavy (non-hydrogen) atoms. The van der Waals surface area contributed by atoms with E-state index in [0.29, 0.717) is 19.4 Å². The number of unbranched alkanes of at least 4 members (excludes halogenated alkanes) is 3. The van der Waals surface area contributed by atoms with E-state index in [1.54, 1.807) is 0 Å². The van der Waals surface area contributed by atoms with E-state index in [-0.39, 0.29) is 12.3 Å². The monoisotopic (exact) mass is 269 g/mol. The van der Waals surface area contributed by atoms with Gasteiger partial charge >= 0.3 is 5.97 Å².